The lowest BCUT2D eigenvalue weighted by atomic mass is 10.0. The Kier molecular flexibility index (Phi) is 4.50. The van der Waals surface area contributed by atoms with Crippen LogP contribution in [0, 0.1) is 6.92 Å². The third kappa shape index (κ3) is 3.25. The molecule has 1 saturated carbocycles. The van der Waals surface area contributed by atoms with Gasteiger partial charge in [0.25, 0.3) is 0 Å². The first-order chi connectivity index (χ1) is 13.7. The summed E-state index contributed by atoms with van der Waals surface area (Å²) in [6.07, 6.45) is 5.73. The predicted molar refractivity (Wildman–Crippen MR) is 114 cm³/mol. The predicted octanol–water partition coefficient (Wildman–Crippen LogP) is 4.61. The minimum Gasteiger partial charge on any atom is -0.365 e. The number of benzene rings is 2. The normalized spacial score (nSPS) is 21.8. The van der Waals surface area contributed by atoms with Gasteiger partial charge >= 0.3 is 6.03 Å². The minimum absolute atomic E-state index is 0.193. The van der Waals surface area contributed by atoms with Gasteiger partial charge in [0, 0.05) is 31.7 Å². The van der Waals surface area contributed by atoms with Crippen molar-refractivity contribution in [2.24, 2.45) is 0 Å². The second-order valence-corrected chi connectivity index (χ2v) is 8.53. The molecule has 28 heavy (non-hydrogen) atoms. The number of nitrogens with zero attached hydrogens (tertiary/aromatic N) is 3. The second-order valence-electron chi connectivity index (χ2n) is 8.53. The largest absolute Gasteiger partial charge is 0.365 e. The number of likely N-dealkylation sites (tertiary alicyclic amines) is 1. The highest BCUT2D eigenvalue weighted by Gasteiger charge is 2.38. The van der Waals surface area contributed by atoms with E-state index in [2.05, 4.69) is 65.3 Å². The molecular formula is C24H29N3O. The third-order valence-electron chi connectivity index (χ3n) is 6.44. The van der Waals surface area contributed by atoms with Crippen molar-refractivity contribution >= 4 is 17.4 Å². The Morgan fingerprint density at radius 2 is 1.79 bits per heavy atom. The molecule has 2 aromatic carbocycles. The number of fused-ring (bicyclic) bond motifs is 1. The molecule has 2 amide bonds. The zero-order chi connectivity index (χ0) is 19.1. The third-order valence-corrected chi connectivity index (χ3v) is 6.44. The summed E-state index contributed by atoms with van der Waals surface area (Å²) in [4.78, 5) is 20.2. The molecular weight excluding hydrogens is 346 g/mol. The van der Waals surface area contributed by atoms with E-state index in [1.165, 1.54) is 29.7 Å². The first kappa shape index (κ1) is 17.6. The molecule has 2 fully saturated rings. The molecule has 2 aliphatic heterocycles. The van der Waals surface area contributed by atoms with E-state index in [0.717, 1.165) is 44.6 Å². The maximum Gasteiger partial charge on any atom is 0.324 e. The standard InChI is InChI=1S/C24H29N3O/c1-18-6-4-7-19(16-18)17-21-8-5-13-26(21)24(28)27-15-14-25(20-11-12-20)22-9-2-3-10-23(22)27/h2-4,6-7,9-10,16,20-21H,5,8,11-15,17H2,1H3. The quantitative estimate of drug-likeness (QED) is 0.783. The van der Waals surface area contributed by atoms with E-state index in [-0.39, 0.29) is 6.03 Å². The molecule has 0 N–H and O–H groups in total. The topological polar surface area (TPSA) is 26.8 Å². The van der Waals surface area contributed by atoms with Gasteiger partial charge in [-0.3, -0.25) is 4.90 Å². The van der Waals surface area contributed by atoms with Crippen LogP contribution in [0.2, 0.25) is 0 Å². The van der Waals surface area contributed by atoms with Gasteiger partial charge in [-0.2, -0.15) is 0 Å². The van der Waals surface area contributed by atoms with Crippen LogP contribution in [0.1, 0.15) is 36.8 Å². The van der Waals surface area contributed by atoms with Crippen LogP contribution in [0.25, 0.3) is 0 Å². The van der Waals surface area contributed by atoms with Crippen molar-refractivity contribution in [3.63, 3.8) is 0 Å². The monoisotopic (exact) mass is 375 g/mol. The summed E-state index contributed by atoms with van der Waals surface area (Å²) >= 11 is 0. The minimum atomic E-state index is 0.193. The number of hydrogen-bond donors (Lipinski definition) is 0. The molecule has 5 rings (SSSR count). The highest BCUT2D eigenvalue weighted by molar-refractivity contribution is 5.97. The first-order valence-corrected chi connectivity index (χ1v) is 10.7. The fraction of sp³-hybridized carbons (Fsp3) is 0.458. The number of aryl methyl sites for hydroxylation is 1. The van der Waals surface area contributed by atoms with Crippen molar-refractivity contribution in [3.8, 4) is 0 Å². The van der Waals surface area contributed by atoms with Crippen molar-refractivity contribution in [2.45, 2.75) is 51.1 Å². The number of anilines is 2. The Hall–Kier alpha value is -2.49. The summed E-state index contributed by atoms with van der Waals surface area (Å²) in [5.41, 5.74) is 4.95. The summed E-state index contributed by atoms with van der Waals surface area (Å²) in [6, 6.07) is 18.3. The van der Waals surface area contributed by atoms with Crippen molar-refractivity contribution in [2.75, 3.05) is 29.4 Å². The first-order valence-electron chi connectivity index (χ1n) is 10.7. The number of carbonyl (C=O) groups excluding carboxylic acids is 1. The van der Waals surface area contributed by atoms with Gasteiger partial charge in [-0.05, 0) is 56.7 Å². The highest BCUT2D eigenvalue weighted by Crippen LogP contribution is 2.40. The van der Waals surface area contributed by atoms with Crippen LogP contribution >= 0.6 is 0 Å². The van der Waals surface area contributed by atoms with E-state index in [0.29, 0.717) is 12.1 Å². The lowest BCUT2D eigenvalue weighted by molar-refractivity contribution is 0.199. The van der Waals surface area contributed by atoms with E-state index in [9.17, 15) is 4.79 Å². The Morgan fingerprint density at radius 3 is 2.57 bits per heavy atom. The van der Waals surface area contributed by atoms with Crippen LogP contribution < -0.4 is 9.80 Å². The maximum absolute atomic E-state index is 13.6. The highest BCUT2D eigenvalue weighted by atomic mass is 16.2. The molecule has 3 aliphatic rings. The van der Waals surface area contributed by atoms with Gasteiger partial charge in [0.2, 0.25) is 0 Å². The average molecular weight is 376 g/mol. The van der Waals surface area contributed by atoms with Crippen LogP contribution in [0.3, 0.4) is 0 Å². The molecule has 1 atom stereocenters. The number of carbonyl (C=O) groups is 1. The van der Waals surface area contributed by atoms with Crippen LogP contribution in [0.4, 0.5) is 16.2 Å². The zero-order valence-corrected chi connectivity index (χ0v) is 16.7. The lowest BCUT2D eigenvalue weighted by Gasteiger charge is -2.40. The molecule has 1 saturated heterocycles. The number of urea groups is 1. The molecule has 2 aromatic rings. The Morgan fingerprint density at radius 1 is 0.964 bits per heavy atom. The summed E-state index contributed by atoms with van der Waals surface area (Å²) in [5, 5.41) is 0. The maximum atomic E-state index is 13.6. The fourth-order valence-corrected chi connectivity index (χ4v) is 4.91. The molecule has 0 bridgehead atoms. The molecule has 0 radical (unpaired) electrons. The SMILES string of the molecule is Cc1cccc(CC2CCCN2C(=O)N2CCN(C3CC3)c3ccccc32)c1. The number of amides is 2. The van der Waals surface area contributed by atoms with E-state index in [1.54, 1.807) is 0 Å². The van der Waals surface area contributed by atoms with Gasteiger partial charge in [0.15, 0.2) is 0 Å². The van der Waals surface area contributed by atoms with Gasteiger partial charge in [0.05, 0.1) is 11.4 Å². The van der Waals surface area contributed by atoms with Crippen LogP contribution in [-0.4, -0.2) is 42.6 Å². The van der Waals surface area contributed by atoms with E-state index in [1.807, 2.05) is 4.90 Å². The summed E-state index contributed by atoms with van der Waals surface area (Å²) in [5.74, 6) is 0. The van der Waals surface area contributed by atoms with Crippen LogP contribution in [-0.2, 0) is 6.42 Å². The van der Waals surface area contributed by atoms with Gasteiger partial charge in [-0.25, -0.2) is 4.79 Å². The van der Waals surface area contributed by atoms with Gasteiger partial charge in [-0.15, -0.1) is 0 Å². The second kappa shape index (κ2) is 7.16. The van der Waals surface area contributed by atoms with Crippen LogP contribution in [0.15, 0.2) is 48.5 Å². The average Bonchev–Trinajstić information content (AvgIpc) is 3.45. The van der Waals surface area contributed by atoms with E-state index < -0.39 is 0 Å². The summed E-state index contributed by atoms with van der Waals surface area (Å²) in [6.45, 7) is 4.75. The van der Waals surface area contributed by atoms with Crippen LogP contribution in [0.5, 0.6) is 0 Å². The zero-order valence-electron chi connectivity index (χ0n) is 16.7. The Bertz CT molecular complexity index is 876. The Labute approximate surface area is 167 Å². The van der Waals surface area contributed by atoms with Crippen molar-refractivity contribution in [1.29, 1.82) is 0 Å². The molecule has 4 nitrogen and oxygen atoms in total. The number of rotatable bonds is 3. The molecule has 0 spiro atoms. The van der Waals surface area contributed by atoms with E-state index >= 15 is 0 Å². The van der Waals surface area contributed by atoms with Crippen molar-refractivity contribution in [3.05, 3.63) is 59.7 Å². The van der Waals surface area contributed by atoms with Gasteiger partial charge in [0.1, 0.15) is 0 Å². The molecule has 1 aliphatic carbocycles. The summed E-state index contributed by atoms with van der Waals surface area (Å²) in [7, 11) is 0. The molecule has 4 heteroatoms. The smallest absolute Gasteiger partial charge is 0.324 e. The molecule has 0 aromatic heterocycles. The van der Waals surface area contributed by atoms with Gasteiger partial charge < -0.3 is 9.80 Å². The Balaban J connectivity index is 1.37. The van der Waals surface area contributed by atoms with Gasteiger partial charge in [-0.1, -0.05) is 42.0 Å². The van der Waals surface area contributed by atoms with Crippen molar-refractivity contribution in [1.82, 2.24) is 4.90 Å². The molecule has 2 heterocycles. The lowest BCUT2D eigenvalue weighted by Crippen LogP contribution is -2.51. The summed E-state index contributed by atoms with van der Waals surface area (Å²) < 4.78 is 0. The van der Waals surface area contributed by atoms with Crippen molar-refractivity contribution < 1.29 is 4.79 Å². The number of para-hydroxylation sites is 2. The molecule has 146 valence electrons. The molecule has 1 unspecified atom stereocenters. The fourth-order valence-electron chi connectivity index (χ4n) is 4.91. The number of hydrogen-bond acceptors (Lipinski definition) is 2. The van der Waals surface area contributed by atoms with E-state index in [4.69, 9.17) is 0 Å².